The Morgan fingerprint density at radius 3 is 2.04 bits per heavy atom. The van der Waals surface area contributed by atoms with Crippen LogP contribution >= 0.6 is 0 Å². The summed E-state index contributed by atoms with van der Waals surface area (Å²) in [5.74, 6) is 0.642. The van der Waals surface area contributed by atoms with Crippen LogP contribution in [0.3, 0.4) is 0 Å². The van der Waals surface area contributed by atoms with Gasteiger partial charge >= 0.3 is 0 Å². The van der Waals surface area contributed by atoms with Gasteiger partial charge in [0.25, 0.3) is 0 Å². The first kappa shape index (κ1) is 18.1. The van der Waals surface area contributed by atoms with Crippen LogP contribution in [-0.4, -0.2) is 27.9 Å². The minimum absolute atomic E-state index is 0.336. The van der Waals surface area contributed by atoms with Gasteiger partial charge in [-0.3, -0.25) is 4.79 Å². The molecule has 138 valence electrons. The van der Waals surface area contributed by atoms with E-state index < -0.39 is 5.91 Å². The van der Waals surface area contributed by atoms with Gasteiger partial charge in [-0.2, -0.15) is 15.0 Å². The highest BCUT2D eigenvalue weighted by atomic mass is 16.1. The zero-order chi connectivity index (χ0) is 19.4. The van der Waals surface area contributed by atoms with E-state index in [1.54, 1.807) is 31.3 Å². The van der Waals surface area contributed by atoms with Crippen molar-refractivity contribution in [2.45, 2.75) is 13.8 Å². The van der Waals surface area contributed by atoms with Crippen LogP contribution in [0.1, 0.15) is 21.5 Å². The quantitative estimate of drug-likeness (QED) is 0.531. The number of amides is 1. The normalized spacial score (nSPS) is 10.3. The molecule has 8 heteroatoms. The van der Waals surface area contributed by atoms with E-state index in [0.717, 1.165) is 16.8 Å². The molecule has 1 aromatic heterocycles. The standard InChI is InChI=1S/C19H21N7O/c1-11-7-12(2)9-15(8-11)23-19-25-17(21-3)24-18(26-19)22-14-6-4-5-13(10-14)16(20)27/h4-10H,1-3H3,(H2,20,27)(H3,21,22,23,24,25,26). The number of nitrogens with two attached hydrogens (primary N) is 1. The van der Waals surface area contributed by atoms with Crippen molar-refractivity contribution in [2.24, 2.45) is 5.73 Å². The third-order valence-corrected chi connectivity index (χ3v) is 3.74. The average Bonchev–Trinajstić information content (AvgIpc) is 2.60. The van der Waals surface area contributed by atoms with Crippen LogP contribution in [0.5, 0.6) is 0 Å². The molecule has 3 rings (SSSR count). The van der Waals surface area contributed by atoms with Gasteiger partial charge in [0.05, 0.1) is 0 Å². The fraction of sp³-hybridized carbons (Fsp3) is 0.158. The predicted molar refractivity (Wildman–Crippen MR) is 107 cm³/mol. The number of rotatable bonds is 6. The summed E-state index contributed by atoms with van der Waals surface area (Å²) in [5.41, 5.74) is 9.55. The molecule has 0 unspecified atom stereocenters. The van der Waals surface area contributed by atoms with Crippen molar-refractivity contribution in [3.05, 3.63) is 59.2 Å². The third-order valence-electron chi connectivity index (χ3n) is 3.74. The molecular weight excluding hydrogens is 342 g/mol. The minimum Gasteiger partial charge on any atom is -0.366 e. The lowest BCUT2D eigenvalue weighted by atomic mass is 10.1. The minimum atomic E-state index is -0.498. The summed E-state index contributed by atoms with van der Waals surface area (Å²) in [4.78, 5) is 24.4. The summed E-state index contributed by atoms with van der Waals surface area (Å²) in [6.45, 7) is 4.06. The second-order valence-corrected chi connectivity index (χ2v) is 6.13. The molecule has 0 aliphatic rings. The predicted octanol–water partition coefficient (Wildman–Crippen LogP) is 3.12. The number of benzene rings is 2. The SMILES string of the molecule is CNc1nc(Nc2cc(C)cc(C)c2)nc(Nc2cccc(C(N)=O)c2)n1. The Kier molecular flexibility index (Phi) is 5.16. The summed E-state index contributed by atoms with van der Waals surface area (Å²) >= 11 is 0. The molecule has 1 heterocycles. The molecule has 0 atom stereocenters. The first-order valence-corrected chi connectivity index (χ1v) is 8.39. The Bertz CT molecular complexity index is 967. The summed E-state index contributed by atoms with van der Waals surface area (Å²) in [7, 11) is 1.73. The largest absolute Gasteiger partial charge is 0.366 e. The van der Waals surface area contributed by atoms with Gasteiger partial charge in [0.2, 0.25) is 23.8 Å². The van der Waals surface area contributed by atoms with Crippen LogP contribution in [-0.2, 0) is 0 Å². The van der Waals surface area contributed by atoms with Gasteiger partial charge < -0.3 is 21.7 Å². The maximum Gasteiger partial charge on any atom is 0.248 e. The molecular formula is C19H21N7O. The Balaban J connectivity index is 1.89. The first-order valence-electron chi connectivity index (χ1n) is 8.39. The van der Waals surface area contributed by atoms with Crippen LogP contribution in [0, 0.1) is 13.8 Å². The van der Waals surface area contributed by atoms with Gasteiger partial charge in [-0.15, -0.1) is 0 Å². The molecule has 0 fully saturated rings. The molecule has 8 nitrogen and oxygen atoms in total. The number of hydrogen-bond acceptors (Lipinski definition) is 7. The Labute approximate surface area is 157 Å². The first-order chi connectivity index (χ1) is 12.9. The molecule has 0 saturated heterocycles. The van der Waals surface area contributed by atoms with Gasteiger partial charge in [-0.1, -0.05) is 12.1 Å². The van der Waals surface area contributed by atoms with Crippen molar-refractivity contribution in [3.63, 3.8) is 0 Å². The summed E-state index contributed by atoms with van der Waals surface area (Å²) < 4.78 is 0. The zero-order valence-electron chi connectivity index (χ0n) is 15.4. The average molecular weight is 363 g/mol. The summed E-state index contributed by atoms with van der Waals surface area (Å²) in [6.07, 6.45) is 0. The Hall–Kier alpha value is -3.68. The van der Waals surface area contributed by atoms with Gasteiger partial charge in [-0.25, -0.2) is 0 Å². The number of aromatic nitrogens is 3. The fourth-order valence-electron chi connectivity index (χ4n) is 2.65. The van der Waals surface area contributed by atoms with E-state index in [2.05, 4.69) is 37.0 Å². The molecule has 0 radical (unpaired) electrons. The maximum absolute atomic E-state index is 11.4. The molecule has 5 N–H and O–H groups in total. The van der Waals surface area contributed by atoms with Crippen molar-refractivity contribution < 1.29 is 4.79 Å². The van der Waals surface area contributed by atoms with E-state index in [1.165, 1.54) is 0 Å². The van der Waals surface area contributed by atoms with Gasteiger partial charge in [0.15, 0.2) is 0 Å². The molecule has 2 aromatic carbocycles. The van der Waals surface area contributed by atoms with Crippen molar-refractivity contribution in [1.82, 2.24) is 15.0 Å². The zero-order valence-corrected chi connectivity index (χ0v) is 15.4. The highest BCUT2D eigenvalue weighted by Crippen LogP contribution is 2.21. The lowest BCUT2D eigenvalue weighted by molar-refractivity contribution is 0.100. The summed E-state index contributed by atoms with van der Waals surface area (Å²) in [5, 5.41) is 9.19. The van der Waals surface area contributed by atoms with Crippen molar-refractivity contribution >= 4 is 35.1 Å². The smallest absolute Gasteiger partial charge is 0.248 e. The number of aryl methyl sites for hydroxylation is 2. The van der Waals surface area contributed by atoms with E-state index >= 15 is 0 Å². The van der Waals surface area contributed by atoms with Gasteiger partial charge in [0.1, 0.15) is 0 Å². The van der Waals surface area contributed by atoms with E-state index in [-0.39, 0.29) is 0 Å². The molecule has 0 aliphatic carbocycles. The molecule has 1 amide bonds. The van der Waals surface area contributed by atoms with E-state index in [1.807, 2.05) is 26.0 Å². The molecule has 27 heavy (non-hydrogen) atoms. The van der Waals surface area contributed by atoms with Crippen LogP contribution in [0.15, 0.2) is 42.5 Å². The number of hydrogen-bond donors (Lipinski definition) is 4. The maximum atomic E-state index is 11.4. The number of carbonyl (C=O) groups excluding carboxylic acids is 1. The molecule has 3 aromatic rings. The van der Waals surface area contributed by atoms with Crippen molar-refractivity contribution in [3.8, 4) is 0 Å². The number of nitrogens with one attached hydrogen (secondary N) is 3. The van der Waals surface area contributed by atoms with Crippen molar-refractivity contribution in [2.75, 3.05) is 23.0 Å². The second kappa shape index (κ2) is 7.69. The van der Waals surface area contributed by atoms with Crippen LogP contribution in [0.4, 0.5) is 29.2 Å². The molecule has 0 bridgehead atoms. The number of nitrogens with zero attached hydrogens (tertiary/aromatic N) is 3. The van der Waals surface area contributed by atoms with Crippen molar-refractivity contribution in [1.29, 1.82) is 0 Å². The number of anilines is 5. The van der Waals surface area contributed by atoms with E-state index in [4.69, 9.17) is 5.73 Å². The van der Waals surface area contributed by atoms with E-state index in [0.29, 0.717) is 29.1 Å². The highest BCUT2D eigenvalue weighted by Gasteiger charge is 2.08. The van der Waals surface area contributed by atoms with Crippen LogP contribution < -0.4 is 21.7 Å². The number of carbonyl (C=O) groups is 1. The van der Waals surface area contributed by atoms with Gasteiger partial charge in [-0.05, 0) is 55.3 Å². The third kappa shape index (κ3) is 4.69. The fourth-order valence-corrected chi connectivity index (χ4v) is 2.65. The number of primary amides is 1. The Morgan fingerprint density at radius 2 is 1.44 bits per heavy atom. The van der Waals surface area contributed by atoms with Crippen LogP contribution in [0.2, 0.25) is 0 Å². The molecule has 0 spiro atoms. The second-order valence-electron chi connectivity index (χ2n) is 6.13. The molecule has 0 aliphatic heterocycles. The summed E-state index contributed by atoms with van der Waals surface area (Å²) in [6, 6.07) is 12.9. The highest BCUT2D eigenvalue weighted by molar-refractivity contribution is 5.93. The monoisotopic (exact) mass is 363 g/mol. The molecule has 0 saturated carbocycles. The topological polar surface area (TPSA) is 118 Å². The van der Waals surface area contributed by atoms with E-state index in [9.17, 15) is 4.79 Å². The van der Waals surface area contributed by atoms with Gasteiger partial charge in [0, 0.05) is 24.0 Å². The lowest BCUT2D eigenvalue weighted by Crippen LogP contribution is -2.11. The Morgan fingerprint density at radius 1 is 0.852 bits per heavy atom. The van der Waals surface area contributed by atoms with Crippen LogP contribution in [0.25, 0.3) is 0 Å². The lowest BCUT2D eigenvalue weighted by Gasteiger charge is -2.11.